The minimum absolute atomic E-state index is 0.0356. The summed E-state index contributed by atoms with van der Waals surface area (Å²) in [5, 5.41) is 4.21. The average molecular weight is 579 g/mol. The predicted octanol–water partition coefficient (Wildman–Crippen LogP) is 6.61. The molecule has 1 aliphatic rings. The Morgan fingerprint density at radius 3 is 2.74 bits per heavy atom. The van der Waals surface area contributed by atoms with Gasteiger partial charge in [-0.1, -0.05) is 39.3 Å². The lowest BCUT2D eigenvalue weighted by Crippen LogP contribution is -2.23. The van der Waals surface area contributed by atoms with Gasteiger partial charge in [-0.05, 0) is 73.7 Å². The van der Waals surface area contributed by atoms with Crippen LogP contribution in [0.15, 0.2) is 56.9 Å². The highest BCUT2D eigenvalue weighted by Crippen LogP contribution is 2.35. The third-order valence-corrected chi connectivity index (χ3v) is 8.45. The number of fused-ring (bicyclic) bond motifs is 3. The number of carbonyl (C=O) groups is 1. The molecule has 0 spiro atoms. The first-order valence-electron chi connectivity index (χ1n) is 10.6. The monoisotopic (exact) mass is 577 g/mol. The molecule has 2 aromatic carbocycles. The predicted molar refractivity (Wildman–Crippen MR) is 140 cm³/mol. The Hall–Kier alpha value is -2.20. The lowest BCUT2D eigenvalue weighted by molar-refractivity contribution is -0.113. The largest absolute Gasteiger partial charge is 0.323 e. The average Bonchev–Trinajstić information content (AvgIpc) is 3.19. The van der Waals surface area contributed by atoms with Crippen LogP contribution in [0, 0.1) is 5.82 Å². The summed E-state index contributed by atoms with van der Waals surface area (Å²) in [6, 6.07) is 11.4. The lowest BCUT2D eigenvalue weighted by Gasteiger charge is -2.14. The van der Waals surface area contributed by atoms with Crippen LogP contribution in [0.4, 0.5) is 10.1 Å². The van der Waals surface area contributed by atoms with E-state index < -0.39 is 11.7 Å². The molecule has 0 bridgehead atoms. The van der Waals surface area contributed by atoms with Gasteiger partial charge in [-0.15, -0.1) is 11.3 Å². The van der Waals surface area contributed by atoms with Crippen molar-refractivity contribution in [3.63, 3.8) is 0 Å². The van der Waals surface area contributed by atoms with Gasteiger partial charge >= 0.3 is 0 Å². The van der Waals surface area contributed by atoms with Gasteiger partial charge in [0.1, 0.15) is 10.6 Å². The fourth-order valence-corrected chi connectivity index (χ4v) is 6.58. The van der Waals surface area contributed by atoms with E-state index in [4.69, 9.17) is 16.6 Å². The second kappa shape index (κ2) is 9.81. The summed E-state index contributed by atoms with van der Waals surface area (Å²) in [7, 11) is 0. The number of hydrogen-bond donors (Lipinski definition) is 1. The Morgan fingerprint density at radius 1 is 1.21 bits per heavy atom. The molecule has 2 aromatic heterocycles. The van der Waals surface area contributed by atoms with Gasteiger partial charge in [-0.3, -0.25) is 14.2 Å². The summed E-state index contributed by atoms with van der Waals surface area (Å²) >= 11 is 12.0. The molecule has 0 radical (unpaired) electrons. The Morgan fingerprint density at radius 2 is 1.97 bits per heavy atom. The zero-order valence-electron chi connectivity index (χ0n) is 17.7. The Bertz CT molecular complexity index is 1470. The molecule has 2 heterocycles. The molecule has 0 fully saturated rings. The van der Waals surface area contributed by atoms with Crippen molar-refractivity contribution in [2.75, 3.05) is 11.1 Å². The van der Waals surface area contributed by atoms with E-state index in [0.717, 1.165) is 43.0 Å². The van der Waals surface area contributed by atoms with E-state index in [0.29, 0.717) is 30.6 Å². The summed E-state index contributed by atoms with van der Waals surface area (Å²) in [6.45, 7) is 0. The van der Waals surface area contributed by atoms with Crippen molar-refractivity contribution in [1.29, 1.82) is 0 Å². The van der Waals surface area contributed by atoms with Gasteiger partial charge in [-0.2, -0.15) is 0 Å². The number of anilines is 1. The van der Waals surface area contributed by atoms with Gasteiger partial charge in [0.25, 0.3) is 5.56 Å². The van der Waals surface area contributed by atoms with E-state index in [1.807, 2.05) is 0 Å². The SMILES string of the molecule is O=C(CSc1nc2sc3c(c2c(=O)n1-c1ccc(Cl)cc1)CCCC3)Nc1ccc(Br)cc1F. The molecule has 174 valence electrons. The molecule has 0 unspecified atom stereocenters. The number of aryl methyl sites for hydroxylation is 2. The number of nitrogens with one attached hydrogen (secondary N) is 1. The second-order valence-electron chi connectivity index (χ2n) is 7.86. The number of carbonyl (C=O) groups excluding carboxylic acids is 1. The van der Waals surface area contributed by atoms with Crippen LogP contribution in [0.3, 0.4) is 0 Å². The molecule has 0 aliphatic heterocycles. The van der Waals surface area contributed by atoms with Crippen LogP contribution in [0.2, 0.25) is 5.02 Å². The minimum atomic E-state index is -0.533. The molecule has 10 heteroatoms. The van der Waals surface area contributed by atoms with E-state index in [2.05, 4.69) is 21.2 Å². The maximum atomic E-state index is 14.1. The Labute approximate surface area is 216 Å². The van der Waals surface area contributed by atoms with Crippen LogP contribution < -0.4 is 10.9 Å². The zero-order chi connectivity index (χ0) is 23.8. The van der Waals surface area contributed by atoms with Crippen LogP contribution in [0.25, 0.3) is 15.9 Å². The van der Waals surface area contributed by atoms with E-state index in [-0.39, 0.29) is 17.0 Å². The number of hydrogen-bond acceptors (Lipinski definition) is 5. The van der Waals surface area contributed by atoms with E-state index in [9.17, 15) is 14.0 Å². The van der Waals surface area contributed by atoms with Crippen LogP contribution >= 0.6 is 50.6 Å². The summed E-state index contributed by atoms with van der Waals surface area (Å²) < 4.78 is 16.2. The van der Waals surface area contributed by atoms with Crippen molar-refractivity contribution < 1.29 is 9.18 Å². The lowest BCUT2D eigenvalue weighted by atomic mass is 9.97. The molecule has 5 rings (SSSR count). The molecular weight excluding hydrogens is 561 g/mol. The minimum Gasteiger partial charge on any atom is -0.323 e. The van der Waals surface area contributed by atoms with Crippen molar-refractivity contribution in [3.8, 4) is 5.69 Å². The third-order valence-electron chi connectivity index (χ3n) is 5.58. The molecule has 34 heavy (non-hydrogen) atoms. The van der Waals surface area contributed by atoms with Gasteiger partial charge in [-0.25, -0.2) is 9.37 Å². The normalized spacial score (nSPS) is 13.1. The van der Waals surface area contributed by atoms with Crippen molar-refractivity contribution in [2.45, 2.75) is 30.8 Å². The van der Waals surface area contributed by atoms with Crippen molar-refractivity contribution in [3.05, 3.63) is 78.6 Å². The Balaban J connectivity index is 1.51. The van der Waals surface area contributed by atoms with Crippen LogP contribution in [-0.4, -0.2) is 21.2 Å². The van der Waals surface area contributed by atoms with E-state index in [1.54, 1.807) is 46.2 Å². The van der Waals surface area contributed by atoms with Gasteiger partial charge in [0, 0.05) is 14.4 Å². The third kappa shape index (κ3) is 4.66. The fraction of sp³-hybridized carbons (Fsp3) is 0.208. The topological polar surface area (TPSA) is 64.0 Å². The number of halogens is 3. The molecule has 4 aromatic rings. The molecule has 0 saturated carbocycles. The van der Waals surface area contributed by atoms with Crippen LogP contribution in [0.5, 0.6) is 0 Å². The zero-order valence-corrected chi connectivity index (χ0v) is 21.7. The fourth-order valence-electron chi connectivity index (χ4n) is 4.01. The summed E-state index contributed by atoms with van der Waals surface area (Å²) in [4.78, 5) is 33.0. The van der Waals surface area contributed by atoms with Crippen LogP contribution in [-0.2, 0) is 17.6 Å². The van der Waals surface area contributed by atoms with E-state index >= 15 is 0 Å². The number of aromatic nitrogens is 2. The first-order valence-corrected chi connectivity index (χ1v) is 13.6. The van der Waals surface area contributed by atoms with Gasteiger partial charge in [0.15, 0.2) is 5.16 Å². The van der Waals surface area contributed by atoms with Crippen molar-refractivity contribution >= 4 is 72.4 Å². The van der Waals surface area contributed by atoms with Crippen molar-refractivity contribution in [2.24, 2.45) is 0 Å². The highest BCUT2D eigenvalue weighted by atomic mass is 79.9. The molecule has 0 saturated heterocycles. The molecule has 1 aliphatic carbocycles. The number of amides is 1. The van der Waals surface area contributed by atoms with Crippen molar-refractivity contribution in [1.82, 2.24) is 9.55 Å². The number of thioether (sulfide) groups is 1. The van der Waals surface area contributed by atoms with Crippen LogP contribution in [0.1, 0.15) is 23.3 Å². The maximum Gasteiger partial charge on any atom is 0.267 e. The first-order chi connectivity index (χ1) is 16.4. The van der Waals surface area contributed by atoms with E-state index in [1.165, 1.54) is 17.0 Å². The number of benzene rings is 2. The standard InChI is InChI=1S/C24H18BrClFN3O2S2/c25-13-5-10-18(17(27)11-13)28-20(31)12-33-24-29-22-21(16-3-1-2-4-19(16)34-22)23(32)30(24)15-8-6-14(26)7-9-15/h5-11H,1-4,12H2,(H,28,31). The summed E-state index contributed by atoms with van der Waals surface area (Å²) in [6.07, 6.45) is 4.00. The molecule has 5 nitrogen and oxygen atoms in total. The van der Waals surface area contributed by atoms with Gasteiger partial charge in [0.05, 0.1) is 22.5 Å². The molecule has 1 amide bonds. The quantitative estimate of drug-likeness (QED) is 0.214. The second-order valence-corrected chi connectivity index (χ2v) is 11.2. The number of nitrogens with zero attached hydrogens (tertiary/aromatic N) is 2. The first kappa shape index (κ1) is 23.5. The highest BCUT2D eigenvalue weighted by molar-refractivity contribution is 9.10. The summed E-state index contributed by atoms with van der Waals surface area (Å²) in [5.74, 6) is -0.963. The maximum absolute atomic E-state index is 14.1. The van der Waals surface area contributed by atoms with Gasteiger partial charge in [0.2, 0.25) is 5.91 Å². The summed E-state index contributed by atoms with van der Waals surface area (Å²) in [5.41, 5.74) is 1.68. The smallest absolute Gasteiger partial charge is 0.267 e. The number of thiophene rings is 1. The Kier molecular flexibility index (Phi) is 6.79. The molecular formula is C24H18BrClFN3O2S2. The highest BCUT2D eigenvalue weighted by Gasteiger charge is 2.23. The molecule has 1 N–H and O–H groups in total. The number of rotatable bonds is 5. The van der Waals surface area contributed by atoms with Gasteiger partial charge < -0.3 is 5.32 Å². The molecule has 0 atom stereocenters.